The Morgan fingerprint density at radius 2 is 2.15 bits per heavy atom. The van der Waals surface area contributed by atoms with Crippen LogP contribution >= 0.6 is 11.6 Å². The molecule has 0 saturated heterocycles. The van der Waals surface area contributed by atoms with Crippen molar-refractivity contribution in [1.82, 2.24) is 4.98 Å². The minimum absolute atomic E-state index is 0.209. The van der Waals surface area contributed by atoms with Crippen molar-refractivity contribution in [3.8, 4) is 11.8 Å². The monoisotopic (exact) mass is 296 g/mol. The van der Waals surface area contributed by atoms with E-state index in [0.29, 0.717) is 11.6 Å². The highest BCUT2D eigenvalue weighted by molar-refractivity contribution is 6.30. The molecule has 0 spiro atoms. The highest BCUT2D eigenvalue weighted by Gasteiger charge is 2.19. The van der Waals surface area contributed by atoms with Gasteiger partial charge in [0.25, 0.3) is 0 Å². The van der Waals surface area contributed by atoms with E-state index in [0.717, 1.165) is 17.7 Å². The first kappa shape index (κ1) is 18.4. The van der Waals surface area contributed by atoms with E-state index >= 15 is 0 Å². The molecule has 1 aromatic heterocycles. The van der Waals surface area contributed by atoms with Crippen LogP contribution in [0.2, 0.25) is 5.02 Å². The lowest BCUT2D eigenvalue weighted by Crippen LogP contribution is -2.36. The number of rotatable bonds is 4. The summed E-state index contributed by atoms with van der Waals surface area (Å²) >= 11 is 5.90. The third-order valence-electron chi connectivity index (χ3n) is 2.08. The van der Waals surface area contributed by atoms with Crippen LogP contribution in [0.4, 0.5) is 5.82 Å². The Morgan fingerprint density at radius 3 is 2.65 bits per heavy atom. The van der Waals surface area contributed by atoms with Crippen LogP contribution in [0, 0.1) is 11.8 Å². The molecule has 1 aromatic rings. The topological polar surface area (TPSA) is 51.2 Å². The molecule has 0 amide bonds. The van der Waals surface area contributed by atoms with Gasteiger partial charge < -0.3 is 14.8 Å². The van der Waals surface area contributed by atoms with Crippen LogP contribution in [0.1, 0.15) is 33.3 Å². The number of aromatic nitrogens is 1. The number of aldehydes is 1. The maximum absolute atomic E-state index is 8.81. The maximum atomic E-state index is 8.81. The summed E-state index contributed by atoms with van der Waals surface area (Å²) in [5.74, 6) is 6.56. The largest absolute Gasteiger partial charge is 0.382 e. The van der Waals surface area contributed by atoms with E-state index in [1.54, 1.807) is 26.3 Å². The van der Waals surface area contributed by atoms with Crippen LogP contribution in [0.25, 0.3) is 0 Å². The van der Waals surface area contributed by atoms with Gasteiger partial charge in [0.1, 0.15) is 12.1 Å². The van der Waals surface area contributed by atoms with E-state index in [2.05, 4.69) is 22.1 Å². The number of hydrogen-bond donors (Lipinski definition) is 1. The van der Waals surface area contributed by atoms with Gasteiger partial charge in [0, 0.05) is 13.3 Å². The lowest BCUT2D eigenvalue weighted by molar-refractivity contribution is -0.106. The molecule has 1 rings (SSSR count). The van der Waals surface area contributed by atoms with Crippen molar-refractivity contribution in [3.63, 3.8) is 0 Å². The van der Waals surface area contributed by atoms with Gasteiger partial charge in [0.15, 0.2) is 0 Å². The summed E-state index contributed by atoms with van der Waals surface area (Å²) in [6.07, 6.45) is 2.35. The van der Waals surface area contributed by atoms with E-state index in [9.17, 15) is 0 Å². The van der Waals surface area contributed by atoms with Crippen molar-refractivity contribution in [2.45, 2.75) is 33.2 Å². The Bertz CT molecular complexity index is 490. The van der Waals surface area contributed by atoms with E-state index < -0.39 is 0 Å². The molecule has 0 saturated carbocycles. The quantitative estimate of drug-likeness (QED) is 0.685. The molecule has 0 radical (unpaired) electrons. The smallest absolute Gasteiger partial charge is 0.142 e. The molecular formula is C15H21ClN2O2. The number of hydrogen-bond acceptors (Lipinski definition) is 4. The number of nitrogens with one attached hydrogen (secondary N) is 1. The highest BCUT2D eigenvalue weighted by Crippen LogP contribution is 2.20. The van der Waals surface area contributed by atoms with Gasteiger partial charge in [-0.05, 0) is 33.8 Å². The molecule has 5 heteroatoms. The molecule has 110 valence electrons. The fraction of sp³-hybridized carbons (Fsp3) is 0.467. The molecule has 0 atom stereocenters. The second-order valence-corrected chi connectivity index (χ2v) is 5.04. The van der Waals surface area contributed by atoms with E-state index in [-0.39, 0.29) is 5.54 Å². The molecule has 0 bridgehead atoms. The lowest BCUT2D eigenvalue weighted by atomic mass is 10.1. The predicted octanol–water partition coefficient (Wildman–Crippen LogP) is 3.15. The molecule has 0 fully saturated rings. The summed E-state index contributed by atoms with van der Waals surface area (Å²) in [4.78, 5) is 13.1. The fourth-order valence-electron chi connectivity index (χ4n) is 1.49. The molecule has 1 heterocycles. The molecule has 0 unspecified atom stereocenters. The van der Waals surface area contributed by atoms with E-state index in [4.69, 9.17) is 21.1 Å². The van der Waals surface area contributed by atoms with E-state index in [1.165, 1.54) is 6.92 Å². The van der Waals surface area contributed by atoms with Gasteiger partial charge in [-0.25, -0.2) is 4.98 Å². The Labute approximate surface area is 125 Å². The average molecular weight is 297 g/mol. The zero-order chi connectivity index (χ0) is 15.6. The van der Waals surface area contributed by atoms with Crippen LogP contribution in [0.3, 0.4) is 0 Å². The number of anilines is 1. The number of ether oxygens (including phenoxy) is 1. The SMILES string of the molecule is CC#Cc1cc(Cl)cnc1NC(C)(C)COC.CC=O. The van der Waals surface area contributed by atoms with Gasteiger partial charge in [-0.3, -0.25) is 0 Å². The zero-order valence-electron chi connectivity index (χ0n) is 12.6. The first-order valence-electron chi connectivity index (χ1n) is 6.15. The van der Waals surface area contributed by atoms with Crippen molar-refractivity contribution < 1.29 is 9.53 Å². The van der Waals surface area contributed by atoms with Gasteiger partial charge >= 0.3 is 0 Å². The Balaban J connectivity index is 0.00000110. The number of pyridine rings is 1. The van der Waals surface area contributed by atoms with Gasteiger partial charge in [-0.15, -0.1) is 5.92 Å². The standard InChI is InChI=1S/C13H17ClN2O.C2H4O/c1-5-6-10-7-11(14)8-15-12(10)16-13(2,3)9-17-4;1-2-3/h7-8H,9H2,1-4H3,(H,15,16);2H,1H3. The summed E-state index contributed by atoms with van der Waals surface area (Å²) in [7, 11) is 1.67. The molecule has 1 N–H and O–H groups in total. The normalized spacial score (nSPS) is 9.70. The first-order chi connectivity index (χ1) is 9.40. The number of carbonyl (C=O) groups is 1. The van der Waals surface area contributed by atoms with Crippen molar-refractivity contribution in [2.75, 3.05) is 19.0 Å². The summed E-state index contributed by atoms with van der Waals surface area (Å²) < 4.78 is 5.15. The van der Waals surface area contributed by atoms with Crippen LogP contribution in [-0.4, -0.2) is 30.5 Å². The summed E-state index contributed by atoms with van der Waals surface area (Å²) in [6.45, 7) is 7.88. The van der Waals surface area contributed by atoms with Gasteiger partial charge in [-0.1, -0.05) is 17.5 Å². The Hall–Kier alpha value is -1.57. The van der Waals surface area contributed by atoms with Gasteiger partial charge in [0.05, 0.1) is 22.7 Å². The molecule has 0 aliphatic heterocycles. The second kappa shape index (κ2) is 9.35. The van der Waals surface area contributed by atoms with Crippen molar-refractivity contribution in [1.29, 1.82) is 0 Å². The van der Waals surface area contributed by atoms with Crippen LogP contribution < -0.4 is 5.32 Å². The fourth-order valence-corrected chi connectivity index (χ4v) is 1.64. The Kier molecular flexibility index (Phi) is 8.62. The number of nitrogens with zero attached hydrogens (tertiary/aromatic N) is 1. The molecule has 20 heavy (non-hydrogen) atoms. The summed E-state index contributed by atoms with van der Waals surface area (Å²) in [5, 5.41) is 3.88. The summed E-state index contributed by atoms with van der Waals surface area (Å²) in [6, 6.07) is 1.80. The number of methoxy groups -OCH3 is 1. The van der Waals surface area contributed by atoms with Crippen molar-refractivity contribution >= 4 is 23.7 Å². The zero-order valence-corrected chi connectivity index (χ0v) is 13.3. The minimum Gasteiger partial charge on any atom is -0.382 e. The van der Waals surface area contributed by atoms with Gasteiger partial charge in [0.2, 0.25) is 0 Å². The molecule has 0 aliphatic rings. The Morgan fingerprint density at radius 1 is 1.55 bits per heavy atom. The van der Waals surface area contributed by atoms with Crippen LogP contribution in [0.5, 0.6) is 0 Å². The maximum Gasteiger partial charge on any atom is 0.142 e. The summed E-state index contributed by atoms with van der Waals surface area (Å²) in [5.41, 5.74) is 0.587. The predicted molar refractivity (Wildman–Crippen MR) is 83.1 cm³/mol. The third kappa shape index (κ3) is 7.13. The van der Waals surface area contributed by atoms with E-state index in [1.807, 2.05) is 13.8 Å². The second-order valence-electron chi connectivity index (χ2n) is 4.60. The molecular weight excluding hydrogens is 276 g/mol. The number of carbonyl (C=O) groups excluding carboxylic acids is 1. The number of halogens is 1. The third-order valence-corrected chi connectivity index (χ3v) is 2.28. The molecule has 0 aliphatic carbocycles. The molecule has 4 nitrogen and oxygen atoms in total. The van der Waals surface area contributed by atoms with Crippen LogP contribution in [0.15, 0.2) is 12.3 Å². The molecule has 0 aromatic carbocycles. The van der Waals surface area contributed by atoms with Crippen molar-refractivity contribution in [3.05, 3.63) is 22.8 Å². The minimum atomic E-state index is -0.209. The lowest BCUT2D eigenvalue weighted by Gasteiger charge is -2.26. The van der Waals surface area contributed by atoms with Crippen LogP contribution in [-0.2, 0) is 9.53 Å². The first-order valence-corrected chi connectivity index (χ1v) is 6.53. The van der Waals surface area contributed by atoms with Crippen molar-refractivity contribution in [2.24, 2.45) is 0 Å². The van der Waals surface area contributed by atoms with Gasteiger partial charge in [-0.2, -0.15) is 0 Å². The highest BCUT2D eigenvalue weighted by atomic mass is 35.5. The average Bonchev–Trinajstić information content (AvgIpc) is 2.34.